The number of hydrogen-bond donors (Lipinski definition) is 0. The number of benzene rings is 4. The molecule has 0 radical (unpaired) electrons. The first-order valence-electron chi connectivity index (χ1n) is 12.4. The highest BCUT2D eigenvalue weighted by Gasteiger charge is 2.73. The normalized spacial score (nSPS) is 11.9. The van der Waals surface area contributed by atoms with Gasteiger partial charge in [-0.05, 0) is 47.5 Å². The summed E-state index contributed by atoms with van der Waals surface area (Å²) in [4.78, 5) is 41.1. The van der Waals surface area contributed by atoms with E-state index in [1.165, 1.54) is 0 Å². The van der Waals surface area contributed by atoms with E-state index >= 15 is 0 Å². The fourth-order valence-corrected chi connectivity index (χ4v) is 4.47. The lowest BCUT2D eigenvalue weighted by molar-refractivity contribution is -0.386. The third kappa shape index (κ3) is 6.41. The molecule has 4 aromatic carbocycles. The van der Waals surface area contributed by atoms with Crippen molar-refractivity contribution in [3.63, 3.8) is 0 Å². The number of alkyl halides is 6. The van der Waals surface area contributed by atoms with Crippen molar-refractivity contribution < 1.29 is 55.5 Å². The van der Waals surface area contributed by atoms with Crippen LogP contribution in [0.25, 0.3) is 0 Å². The maximum atomic E-state index is 14.8. The minimum atomic E-state index is -6.31. The van der Waals surface area contributed by atoms with Crippen LogP contribution in [0.5, 0.6) is 23.0 Å². The second kappa shape index (κ2) is 12.2. The van der Waals surface area contributed by atoms with Crippen LogP contribution in [0, 0.1) is 40.5 Å². The third-order valence-corrected chi connectivity index (χ3v) is 6.58. The van der Waals surface area contributed by atoms with Crippen LogP contribution in [0.4, 0.5) is 49.1 Å². The number of non-ortho nitro benzene ring substituents is 2. The Hall–Kier alpha value is -6.34. The predicted octanol–water partition coefficient (Wildman–Crippen LogP) is 8.31. The zero-order chi connectivity index (χ0) is 34.9. The summed E-state index contributed by atoms with van der Waals surface area (Å²) in [5, 5.41) is 45.3. The third-order valence-electron chi connectivity index (χ3n) is 6.58. The van der Waals surface area contributed by atoms with Gasteiger partial charge in [-0.2, -0.15) is 26.3 Å². The van der Waals surface area contributed by atoms with Crippen molar-refractivity contribution >= 4 is 22.7 Å². The van der Waals surface area contributed by atoms with E-state index in [0.717, 1.165) is 48.5 Å². The van der Waals surface area contributed by atoms with E-state index in [0.29, 0.717) is 12.1 Å². The van der Waals surface area contributed by atoms with Crippen molar-refractivity contribution in [2.75, 3.05) is 0 Å². The first kappa shape index (κ1) is 33.6. The number of rotatable bonds is 10. The molecule has 4 rings (SSSR count). The SMILES string of the molecule is O=[N+]([O-])c1ccc(Oc2ccc(C(c3ccc(Oc4ccc([N+](=O)[O-])cc4)c([N+](=O)[O-])c3)(C(F)(F)F)C(F)(F)F)cc2[N+](=O)[O-])cc1. The van der Waals surface area contributed by atoms with Crippen molar-refractivity contribution in [3.8, 4) is 23.0 Å². The molecule has 47 heavy (non-hydrogen) atoms. The maximum Gasteiger partial charge on any atom is 0.411 e. The molecule has 0 aliphatic heterocycles. The molecule has 0 bridgehead atoms. The highest BCUT2D eigenvalue weighted by atomic mass is 19.4. The number of halogens is 6. The summed E-state index contributed by atoms with van der Waals surface area (Å²) in [5.41, 5.74) is -12.1. The summed E-state index contributed by atoms with van der Waals surface area (Å²) < 4.78 is 99.1. The molecule has 20 heteroatoms. The monoisotopic (exact) mass is 668 g/mol. The molecule has 0 saturated heterocycles. The van der Waals surface area contributed by atoms with Gasteiger partial charge in [-0.3, -0.25) is 40.5 Å². The van der Waals surface area contributed by atoms with E-state index in [-0.39, 0.29) is 35.8 Å². The summed E-state index contributed by atoms with van der Waals surface area (Å²) in [5.74, 6) is -2.24. The zero-order valence-electron chi connectivity index (χ0n) is 22.7. The van der Waals surface area contributed by atoms with Gasteiger partial charge in [0.2, 0.25) is 16.9 Å². The van der Waals surface area contributed by atoms with Gasteiger partial charge >= 0.3 is 23.7 Å². The first-order valence-corrected chi connectivity index (χ1v) is 12.4. The van der Waals surface area contributed by atoms with E-state index in [4.69, 9.17) is 9.47 Å². The molecule has 0 atom stereocenters. The Labute approximate surface area is 256 Å². The van der Waals surface area contributed by atoms with Gasteiger partial charge in [-0.1, -0.05) is 12.1 Å². The van der Waals surface area contributed by atoms with Crippen molar-refractivity contribution in [1.82, 2.24) is 0 Å². The van der Waals surface area contributed by atoms with Gasteiger partial charge in [0.25, 0.3) is 11.4 Å². The fraction of sp³-hybridized carbons (Fsp3) is 0.111. The summed E-state index contributed by atoms with van der Waals surface area (Å²) in [6, 6.07) is 8.89. The van der Waals surface area contributed by atoms with Crippen LogP contribution in [0.15, 0.2) is 84.9 Å². The van der Waals surface area contributed by atoms with E-state index in [9.17, 15) is 66.8 Å². The predicted molar refractivity (Wildman–Crippen MR) is 145 cm³/mol. The summed E-state index contributed by atoms with van der Waals surface area (Å²) in [6.45, 7) is 0. The van der Waals surface area contributed by atoms with Gasteiger partial charge in [0.05, 0.1) is 19.7 Å². The van der Waals surface area contributed by atoms with E-state index in [2.05, 4.69) is 0 Å². The largest absolute Gasteiger partial charge is 0.450 e. The minimum absolute atomic E-state index is 0.0468. The molecule has 0 fully saturated rings. The molecule has 14 nitrogen and oxygen atoms in total. The van der Waals surface area contributed by atoms with Crippen molar-refractivity contribution in [2.24, 2.45) is 0 Å². The minimum Gasteiger partial charge on any atom is -0.450 e. The quantitative estimate of drug-likeness (QED) is 0.0901. The average molecular weight is 668 g/mol. The van der Waals surface area contributed by atoms with Gasteiger partial charge < -0.3 is 9.47 Å². The maximum absolute atomic E-state index is 14.8. The van der Waals surface area contributed by atoms with Crippen LogP contribution in [0.1, 0.15) is 11.1 Å². The van der Waals surface area contributed by atoms with Gasteiger partial charge in [-0.25, -0.2) is 0 Å². The lowest BCUT2D eigenvalue weighted by Crippen LogP contribution is -2.54. The summed E-state index contributed by atoms with van der Waals surface area (Å²) in [6.07, 6.45) is -12.6. The summed E-state index contributed by atoms with van der Waals surface area (Å²) >= 11 is 0. The number of nitro benzene ring substituents is 4. The molecule has 0 heterocycles. The van der Waals surface area contributed by atoms with Crippen molar-refractivity contribution in [3.05, 3.63) is 137 Å². The smallest absolute Gasteiger partial charge is 0.411 e. The standard InChI is InChI=1S/C27H14F6N4O10/c28-26(29,30)25(27(31,32)33,15-1-11-23(21(13-15)36(42)43)46-19-7-3-17(4-8-19)34(38)39)16-2-12-24(22(14-16)37(44)45)47-20-9-5-18(6-10-20)35(40)41/h1-14H. The molecule has 244 valence electrons. The van der Waals surface area contributed by atoms with Gasteiger partial charge in [0, 0.05) is 36.4 Å². The Morgan fingerprint density at radius 2 is 0.787 bits per heavy atom. The topological polar surface area (TPSA) is 191 Å². The van der Waals surface area contributed by atoms with Crippen molar-refractivity contribution in [1.29, 1.82) is 0 Å². The number of ether oxygens (including phenoxy) is 2. The number of nitro groups is 4. The van der Waals surface area contributed by atoms with Crippen LogP contribution >= 0.6 is 0 Å². The molecule has 0 aromatic heterocycles. The first-order chi connectivity index (χ1) is 21.9. The molecular formula is C27H14F6N4O10. The Morgan fingerprint density at radius 3 is 1.04 bits per heavy atom. The molecule has 0 amide bonds. The highest BCUT2D eigenvalue weighted by Crippen LogP contribution is 2.58. The Morgan fingerprint density at radius 1 is 0.468 bits per heavy atom. The number of hydrogen-bond acceptors (Lipinski definition) is 10. The molecule has 0 N–H and O–H groups in total. The van der Waals surface area contributed by atoms with Crippen LogP contribution in [-0.4, -0.2) is 32.0 Å². The lowest BCUT2D eigenvalue weighted by Gasteiger charge is -2.38. The molecule has 0 aliphatic carbocycles. The van der Waals surface area contributed by atoms with E-state index < -0.39 is 82.8 Å². The van der Waals surface area contributed by atoms with Gasteiger partial charge in [0.1, 0.15) is 11.5 Å². The van der Waals surface area contributed by atoms with Crippen LogP contribution in [0.2, 0.25) is 0 Å². The second-order valence-corrected chi connectivity index (χ2v) is 9.33. The van der Waals surface area contributed by atoms with Crippen LogP contribution in [-0.2, 0) is 5.41 Å². The number of nitrogens with zero attached hydrogens (tertiary/aromatic N) is 4. The summed E-state index contributed by atoms with van der Waals surface area (Å²) in [7, 11) is 0. The molecular weight excluding hydrogens is 654 g/mol. The second-order valence-electron chi connectivity index (χ2n) is 9.33. The zero-order valence-corrected chi connectivity index (χ0v) is 22.7. The highest BCUT2D eigenvalue weighted by molar-refractivity contribution is 5.59. The Kier molecular flexibility index (Phi) is 8.72. The molecule has 0 aliphatic rings. The van der Waals surface area contributed by atoms with Gasteiger partial charge in [0.15, 0.2) is 0 Å². The Bertz CT molecular complexity index is 1740. The van der Waals surface area contributed by atoms with Crippen molar-refractivity contribution in [2.45, 2.75) is 17.8 Å². The lowest BCUT2D eigenvalue weighted by atomic mass is 9.72. The fourth-order valence-electron chi connectivity index (χ4n) is 4.47. The van der Waals surface area contributed by atoms with Crippen LogP contribution in [0.3, 0.4) is 0 Å². The molecule has 0 saturated carbocycles. The van der Waals surface area contributed by atoms with E-state index in [1.807, 2.05) is 0 Å². The van der Waals surface area contributed by atoms with Crippen LogP contribution < -0.4 is 9.47 Å². The molecule has 0 unspecified atom stereocenters. The van der Waals surface area contributed by atoms with E-state index in [1.54, 1.807) is 0 Å². The molecule has 0 spiro atoms. The average Bonchev–Trinajstić information content (AvgIpc) is 2.97. The molecule has 4 aromatic rings. The Balaban J connectivity index is 1.88. The van der Waals surface area contributed by atoms with Gasteiger partial charge in [-0.15, -0.1) is 0 Å².